The first-order chi connectivity index (χ1) is 6.99. The lowest BCUT2D eigenvalue weighted by molar-refractivity contribution is 0.295. The van der Waals surface area contributed by atoms with Crippen LogP contribution >= 0.6 is 0 Å². The van der Waals surface area contributed by atoms with Gasteiger partial charge < -0.3 is 10.8 Å². The Morgan fingerprint density at radius 3 is 2.67 bits per heavy atom. The van der Waals surface area contributed by atoms with Crippen LogP contribution in [0.2, 0.25) is 0 Å². The molecule has 0 heterocycles. The molecule has 1 aromatic carbocycles. The number of hydrogen-bond acceptors (Lipinski definition) is 4. The van der Waals surface area contributed by atoms with Crippen LogP contribution in [0.1, 0.15) is 12.0 Å². The number of hydrogen-bond donors (Lipinski definition) is 2. The summed E-state index contributed by atoms with van der Waals surface area (Å²) in [6.07, 6.45) is 0.247. The molecule has 15 heavy (non-hydrogen) atoms. The van der Waals surface area contributed by atoms with Crippen LogP contribution in [0.25, 0.3) is 0 Å². The summed E-state index contributed by atoms with van der Waals surface area (Å²) in [6, 6.07) is 4.83. The van der Waals surface area contributed by atoms with Crippen LogP contribution in [0.4, 0.5) is 5.69 Å². The standard InChI is InChI=1S/C10H15NO3S/c1-8-9(11)4-2-5-10(8)15(13,14)7-3-6-12/h2,4-5,12H,3,6-7,11H2,1H3. The van der Waals surface area contributed by atoms with Crippen molar-refractivity contribution in [1.29, 1.82) is 0 Å². The Labute approximate surface area is 89.7 Å². The van der Waals surface area contributed by atoms with Crippen molar-refractivity contribution in [2.75, 3.05) is 18.1 Å². The van der Waals surface area contributed by atoms with Crippen molar-refractivity contribution in [3.05, 3.63) is 23.8 Å². The van der Waals surface area contributed by atoms with E-state index in [0.717, 1.165) is 0 Å². The van der Waals surface area contributed by atoms with Crippen molar-refractivity contribution in [2.24, 2.45) is 0 Å². The zero-order valence-corrected chi connectivity index (χ0v) is 9.42. The van der Waals surface area contributed by atoms with E-state index >= 15 is 0 Å². The number of nitrogens with two attached hydrogens (primary N) is 1. The maximum atomic E-state index is 11.8. The van der Waals surface area contributed by atoms with Crippen molar-refractivity contribution >= 4 is 15.5 Å². The summed E-state index contributed by atoms with van der Waals surface area (Å²) in [5.41, 5.74) is 6.68. The summed E-state index contributed by atoms with van der Waals surface area (Å²) < 4.78 is 23.6. The molecule has 0 fully saturated rings. The van der Waals surface area contributed by atoms with Crippen LogP contribution in [-0.4, -0.2) is 25.9 Å². The molecule has 84 valence electrons. The third-order valence-electron chi connectivity index (χ3n) is 2.23. The van der Waals surface area contributed by atoms with Gasteiger partial charge in [-0.2, -0.15) is 0 Å². The first kappa shape index (κ1) is 12.0. The number of rotatable bonds is 4. The number of anilines is 1. The van der Waals surface area contributed by atoms with Gasteiger partial charge in [0, 0.05) is 12.3 Å². The van der Waals surface area contributed by atoms with Gasteiger partial charge in [0.2, 0.25) is 0 Å². The van der Waals surface area contributed by atoms with E-state index < -0.39 is 9.84 Å². The number of benzene rings is 1. The maximum absolute atomic E-state index is 11.8. The molecule has 0 bridgehead atoms. The molecular weight excluding hydrogens is 214 g/mol. The van der Waals surface area contributed by atoms with E-state index in [2.05, 4.69) is 0 Å². The smallest absolute Gasteiger partial charge is 0.178 e. The zero-order valence-electron chi connectivity index (χ0n) is 8.60. The lowest BCUT2D eigenvalue weighted by Crippen LogP contribution is -2.10. The minimum absolute atomic E-state index is 0.0478. The Bertz CT molecular complexity index is 440. The fourth-order valence-corrected chi connectivity index (χ4v) is 2.93. The zero-order chi connectivity index (χ0) is 11.5. The molecule has 0 aliphatic carbocycles. The Morgan fingerprint density at radius 2 is 2.07 bits per heavy atom. The lowest BCUT2D eigenvalue weighted by atomic mass is 10.2. The minimum atomic E-state index is -3.32. The first-order valence-corrected chi connectivity index (χ1v) is 6.33. The summed E-state index contributed by atoms with van der Waals surface area (Å²) in [5, 5.41) is 8.61. The molecule has 0 aliphatic heterocycles. The van der Waals surface area contributed by atoms with Gasteiger partial charge >= 0.3 is 0 Å². The lowest BCUT2D eigenvalue weighted by Gasteiger charge is -2.08. The van der Waals surface area contributed by atoms with E-state index in [-0.39, 0.29) is 23.7 Å². The molecule has 0 saturated heterocycles. The third-order valence-corrected chi connectivity index (χ3v) is 4.17. The van der Waals surface area contributed by atoms with E-state index in [0.29, 0.717) is 11.3 Å². The van der Waals surface area contributed by atoms with Crippen LogP contribution < -0.4 is 5.73 Å². The highest BCUT2D eigenvalue weighted by Gasteiger charge is 2.17. The van der Waals surface area contributed by atoms with Crippen LogP contribution in [0.5, 0.6) is 0 Å². The third kappa shape index (κ3) is 2.70. The molecule has 0 unspecified atom stereocenters. The maximum Gasteiger partial charge on any atom is 0.178 e. The average Bonchev–Trinajstić information content (AvgIpc) is 2.19. The Kier molecular flexibility index (Phi) is 3.71. The summed E-state index contributed by atoms with van der Waals surface area (Å²) in [4.78, 5) is 0.260. The molecule has 0 atom stereocenters. The molecule has 3 N–H and O–H groups in total. The minimum Gasteiger partial charge on any atom is -0.398 e. The van der Waals surface area contributed by atoms with Crippen molar-refractivity contribution in [2.45, 2.75) is 18.2 Å². The Morgan fingerprint density at radius 1 is 1.40 bits per heavy atom. The number of sulfone groups is 1. The predicted octanol–water partition coefficient (Wildman–Crippen LogP) is 0.733. The molecule has 0 aliphatic rings. The molecule has 5 heteroatoms. The summed E-state index contributed by atoms with van der Waals surface area (Å²) in [7, 11) is -3.32. The second-order valence-corrected chi connectivity index (χ2v) is 5.44. The molecule has 1 aromatic rings. The molecule has 0 radical (unpaired) electrons. The predicted molar refractivity (Wildman–Crippen MR) is 59.3 cm³/mol. The van der Waals surface area contributed by atoms with Gasteiger partial charge in [-0.15, -0.1) is 0 Å². The van der Waals surface area contributed by atoms with Gasteiger partial charge in [0.1, 0.15) is 0 Å². The van der Waals surface area contributed by atoms with Gasteiger partial charge in [0.25, 0.3) is 0 Å². The number of aliphatic hydroxyl groups is 1. The van der Waals surface area contributed by atoms with E-state index in [4.69, 9.17) is 10.8 Å². The molecule has 4 nitrogen and oxygen atoms in total. The van der Waals surface area contributed by atoms with Crippen molar-refractivity contribution in [3.8, 4) is 0 Å². The molecule has 0 amide bonds. The van der Waals surface area contributed by atoms with Crippen LogP contribution in [0, 0.1) is 6.92 Å². The Balaban J connectivity index is 3.10. The highest BCUT2D eigenvalue weighted by atomic mass is 32.2. The topological polar surface area (TPSA) is 80.4 Å². The highest BCUT2D eigenvalue weighted by molar-refractivity contribution is 7.91. The highest BCUT2D eigenvalue weighted by Crippen LogP contribution is 2.21. The summed E-state index contributed by atoms with van der Waals surface area (Å²) in [6.45, 7) is 1.56. The average molecular weight is 229 g/mol. The van der Waals surface area contributed by atoms with Crippen molar-refractivity contribution < 1.29 is 13.5 Å². The van der Waals surface area contributed by atoms with Crippen molar-refractivity contribution in [1.82, 2.24) is 0 Å². The second-order valence-electron chi connectivity index (χ2n) is 3.37. The van der Waals surface area contributed by atoms with E-state index in [1.165, 1.54) is 0 Å². The molecule has 0 spiro atoms. The van der Waals surface area contributed by atoms with E-state index in [1.807, 2.05) is 0 Å². The van der Waals surface area contributed by atoms with Gasteiger partial charge in [0.05, 0.1) is 10.6 Å². The first-order valence-electron chi connectivity index (χ1n) is 4.68. The SMILES string of the molecule is Cc1c(N)cccc1S(=O)(=O)CCCO. The van der Waals surface area contributed by atoms with Gasteiger partial charge in [-0.1, -0.05) is 6.07 Å². The Hall–Kier alpha value is -1.07. The number of nitrogen functional groups attached to an aromatic ring is 1. The van der Waals surface area contributed by atoms with Gasteiger partial charge in [0.15, 0.2) is 9.84 Å². The molecule has 0 aromatic heterocycles. The van der Waals surface area contributed by atoms with E-state index in [1.54, 1.807) is 25.1 Å². The van der Waals surface area contributed by atoms with Gasteiger partial charge in [-0.05, 0) is 31.0 Å². The van der Waals surface area contributed by atoms with Gasteiger partial charge in [-0.25, -0.2) is 8.42 Å². The quantitative estimate of drug-likeness (QED) is 0.746. The molecular formula is C10H15NO3S. The van der Waals surface area contributed by atoms with Gasteiger partial charge in [-0.3, -0.25) is 0 Å². The molecule has 0 saturated carbocycles. The summed E-state index contributed by atoms with van der Waals surface area (Å²) in [5.74, 6) is -0.0478. The second kappa shape index (κ2) is 4.63. The normalized spacial score (nSPS) is 11.6. The van der Waals surface area contributed by atoms with Crippen LogP contribution in [0.15, 0.2) is 23.1 Å². The van der Waals surface area contributed by atoms with Crippen LogP contribution in [-0.2, 0) is 9.84 Å². The fraction of sp³-hybridized carbons (Fsp3) is 0.400. The number of aliphatic hydroxyl groups excluding tert-OH is 1. The fourth-order valence-electron chi connectivity index (χ4n) is 1.33. The van der Waals surface area contributed by atoms with Crippen molar-refractivity contribution in [3.63, 3.8) is 0 Å². The monoisotopic (exact) mass is 229 g/mol. The summed E-state index contributed by atoms with van der Waals surface area (Å²) >= 11 is 0. The van der Waals surface area contributed by atoms with Crippen LogP contribution in [0.3, 0.4) is 0 Å². The molecule has 1 rings (SSSR count). The van der Waals surface area contributed by atoms with E-state index in [9.17, 15) is 8.42 Å². The largest absolute Gasteiger partial charge is 0.398 e.